The minimum Gasteiger partial charge on any atom is -0.271 e. The van der Waals surface area contributed by atoms with Gasteiger partial charge in [0.2, 0.25) is 0 Å². The Labute approximate surface area is 120 Å². The second-order valence-electron chi connectivity index (χ2n) is 4.63. The average Bonchev–Trinajstić information content (AvgIpc) is 2.38. The number of rotatable bonds is 7. The Hall–Kier alpha value is -0.280. The highest BCUT2D eigenvalue weighted by Crippen LogP contribution is 2.32. The molecule has 0 fully saturated rings. The summed E-state index contributed by atoms with van der Waals surface area (Å²) in [6, 6.07) is 5.86. The molecule has 2 nitrogen and oxygen atoms in total. The molecule has 1 rings (SSSR count). The maximum absolute atomic E-state index is 6.07. The Kier molecular flexibility index (Phi) is 7.02. The topological polar surface area (TPSA) is 38.0 Å². The normalized spacial score (nSPS) is 14.5. The lowest BCUT2D eigenvalue weighted by Crippen LogP contribution is -2.33. The highest BCUT2D eigenvalue weighted by molar-refractivity contribution is 6.42. The van der Waals surface area contributed by atoms with Gasteiger partial charge in [-0.3, -0.25) is 11.3 Å². The van der Waals surface area contributed by atoms with E-state index in [4.69, 9.17) is 29.0 Å². The van der Waals surface area contributed by atoms with Crippen LogP contribution >= 0.6 is 23.2 Å². The van der Waals surface area contributed by atoms with Gasteiger partial charge in [0.05, 0.1) is 10.0 Å². The van der Waals surface area contributed by atoms with Crippen LogP contribution in [0.2, 0.25) is 10.0 Å². The van der Waals surface area contributed by atoms with Gasteiger partial charge in [-0.15, -0.1) is 0 Å². The molecule has 1 aromatic rings. The van der Waals surface area contributed by atoms with E-state index < -0.39 is 0 Å². The van der Waals surface area contributed by atoms with Crippen LogP contribution in [0.4, 0.5) is 0 Å². The van der Waals surface area contributed by atoms with E-state index in [0.29, 0.717) is 16.0 Å². The third-order valence-corrected chi connectivity index (χ3v) is 4.15. The smallest absolute Gasteiger partial charge is 0.0595 e. The number of hydrogen-bond donors (Lipinski definition) is 2. The van der Waals surface area contributed by atoms with Crippen LogP contribution in [0, 0.1) is 5.92 Å². The van der Waals surface area contributed by atoms with Gasteiger partial charge >= 0.3 is 0 Å². The minimum atomic E-state index is 0.135. The van der Waals surface area contributed by atoms with Gasteiger partial charge in [0, 0.05) is 6.04 Å². The van der Waals surface area contributed by atoms with E-state index >= 15 is 0 Å². The monoisotopic (exact) mass is 288 g/mol. The summed E-state index contributed by atoms with van der Waals surface area (Å²) in [6.45, 7) is 4.40. The number of nitrogens with two attached hydrogens (primary N) is 1. The van der Waals surface area contributed by atoms with Gasteiger partial charge in [-0.2, -0.15) is 0 Å². The number of hydrogen-bond acceptors (Lipinski definition) is 2. The first-order valence-corrected chi connectivity index (χ1v) is 7.30. The minimum absolute atomic E-state index is 0.135. The molecule has 1 aromatic carbocycles. The summed E-state index contributed by atoms with van der Waals surface area (Å²) in [7, 11) is 0. The standard InChI is InChI=1S/C14H22Cl2N2/c1-3-5-6-10(4-2)14(18-17)11-7-8-12(15)13(16)9-11/h7-10,14,18H,3-6,17H2,1-2H3. The summed E-state index contributed by atoms with van der Waals surface area (Å²) in [6.07, 6.45) is 4.68. The van der Waals surface area contributed by atoms with E-state index in [-0.39, 0.29) is 6.04 Å². The lowest BCUT2D eigenvalue weighted by molar-refractivity contribution is 0.327. The fourth-order valence-electron chi connectivity index (χ4n) is 2.28. The van der Waals surface area contributed by atoms with Crippen LogP contribution in [0.3, 0.4) is 0 Å². The van der Waals surface area contributed by atoms with Crippen LogP contribution in [-0.2, 0) is 0 Å². The fraction of sp³-hybridized carbons (Fsp3) is 0.571. The molecule has 18 heavy (non-hydrogen) atoms. The lowest BCUT2D eigenvalue weighted by atomic mass is 9.87. The number of nitrogens with one attached hydrogen (secondary N) is 1. The van der Waals surface area contributed by atoms with Crippen molar-refractivity contribution in [3.63, 3.8) is 0 Å². The molecule has 0 saturated carbocycles. The van der Waals surface area contributed by atoms with Crippen molar-refractivity contribution in [2.45, 2.75) is 45.6 Å². The van der Waals surface area contributed by atoms with Crippen LogP contribution < -0.4 is 11.3 Å². The number of benzene rings is 1. The second kappa shape index (κ2) is 8.00. The molecular formula is C14H22Cl2N2. The lowest BCUT2D eigenvalue weighted by Gasteiger charge is -2.26. The molecule has 102 valence electrons. The van der Waals surface area contributed by atoms with Crippen molar-refractivity contribution in [1.29, 1.82) is 0 Å². The zero-order valence-corrected chi connectivity index (χ0v) is 12.6. The molecule has 0 aromatic heterocycles. The zero-order valence-electron chi connectivity index (χ0n) is 11.0. The van der Waals surface area contributed by atoms with Crippen molar-refractivity contribution in [3.05, 3.63) is 33.8 Å². The Morgan fingerprint density at radius 2 is 1.94 bits per heavy atom. The van der Waals surface area contributed by atoms with E-state index in [1.807, 2.05) is 18.2 Å². The summed E-state index contributed by atoms with van der Waals surface area (Å²) in [5.41, 5.74) is 4.03. The predicted molar refractivity (Wildman–Crippen MR) is 79.8 cm³/mol. The van der Waals surface area contributed by atoms with E-state index in [9.17, 15) is 0 Å². The number of halogens is 2. The van der Waals surface area contributed by atoms with E-state index in [1.165, 1.54) is 19.3 Å². The first-order chi connectivity index (χ1) is 8.63. The predicted octanol–water partition coefficient (Wildman–Crippen LogP) is 4.71. The van der Waals surface area contributed by atoms with E-state index in [2.05, 4.69) is 19.3 Å². The van der Waals surface area contributed by atoms with Crippen LogP contribution in [0.15, 0.2) is 18.2 Å². The Morgan fingerprint density at radius 3 is 2.44 bits per heavy atom. The molecular weight excluding hydrogens is 267 g/mol. The van der Waals surface area contributed by atoms with Crippen LogP contribution in [-0.4, -0.2) is 0 Å². The van der Waals surface area contributed by atoms with Gasteiger partial charge in [-0.25, -0.2) is 0 Å². The highest BCUT2D eigenvalue weighted by atomic mass is 35.5. The zero-order chi connectivity index (χ0) is 13.5. The highest BCUT2D eigenvalue weighted by Gasteiger charge is 2.20. The van der Waals surface area contributed by atoms with Crippen molar-refractivity contribution in [2.24, 2.45) is 11.8 Å². The summed E-state index contributed by atoms with van der Waals surface area (Å²) < 4.78 is 0. The summed E-state index contributed by atoms with van der Waals surface area (Å²) in [5.74, 6) is 6.24. The molecule has 2 atom stereocenters. The van der Waals surface area contributed by atoms with Crippen molar-refractivity contribution in [3.8, 4) is 0 Å². The molecule has 0 aliphatic rings. The maximum Gasteiger partial charge on any atom is 0.0595 e. The van der Waals surface area contributed by atoms with Gasteiger partial charge in [0.1, 0.15) is 0 Å². The Balaban J connectivity index is 2.88. The molecule has 0 radical (unpaired) electrons. The molecule has 4 heteroatoms. The van der Waals surface area contributed by atoms with Crippen LogP contribution in [0.25, 0.3) is 0 Å². The molecule has 0 bridgehead atoms. The van der Waals surface area contributed by atoms with E-state index in [1.54, 1.807) is 0 Å². The molecule has 0 amide bonds. The maximum atomic E-state index is 6.07. The van der Waals surface area contributed by atoms with Crippen LogP contribution in [0.5, 0.6) is 0 Å². The van der Waals surface area contributed by atoms with Crippen LogP contribution in [0.1, 0.15) is 51.1 Å². The van der Waals surface area contributed by atoms with Crippen molar-refractivity contribution < 1.29 is 0 Å². The summed E-state index contributed by atoms with van der Waals surface area (Å²) >= 11 is 12.0. The Morgan fingerprint density at radius 1 is 1.22 bits per heavy atom. The first kappa shape index (κ1) is 15.8. The van der Waals surface area contributed by atoms with Crippen molar-refractivity contribution in [2.75, 3.05) is 0 Å². The quantitative estimate of drug-likeness (QED) is 0.563. The van der Waals surface area contributed by atoms with Crippen molar-refractivity contribution in [1.82, 2.24) is 5.43 Å². The summed E-state index contributed by atoms with van der Waals surface area (Å²) in [5, 5.41) is 1.16. The van der Waals surface area contributed by atoms with E-state index in [0.717, 1.165) is 12.0 Å². The third kappa shape index (κ3) is 4.13. The molecule has 0 aliphatic heterocycles. The SMILES string of the molecule is CCCCC(CC)C(NN)c1ccc(Cl)c(Cl)c1. The third-order valence-electron chi connectivity index (χ3n) is 3.41. The molecule has 0 saturated heterocycles. The average molecular weight is 289 g/mol. The van der Waals surface area contributed by atoms with Crippen molar-refractivity contribution >= 4 is 23.2 Å². The van der Waals surface area contributed by atoms with Gasteiger partial charge < -0.3 is 0 Å². The number of unbranched alkanes of at least 4 members (excludes halogenated alkanes) is 1. The molecule has 2 unspecified atom stereocenters. The first-order valence-electron chi connectivity index (χ1n) is 6.55. The fourth-order valence-corrected chi connectivity index (χ4v) is 2.59. The van der Waals surface area contributed by atoms with Gasteiger partial charge in [0.15, 0.2) is 0 Å². The summed E-state index contributed by atoms with van der Waals surface area (Å²) in [4.78, 5) is 0. The molecule has 0 spiro atoms. The number of hydrazine groups is 1. The second-order valence-corrected chi connectivity index (χ2v) is 5.44. The molecule has 0 heterocycles. The molecule has 3 N–H and O–H groups in total. The largest absolute Gasteiger partial charge is 0.271 e. The Bertz CT molecular complexity index is 369. The van der Waals surface area contributed by atoms with Gasteiger partial charge in [0.25, 0.3) is 0 Å². The van der Waals surface area contributed by atoms with Gasteiger partial charge in [-0.05, 0) is 30.0 Å². The van der Waals surface area contributed by atoms with Gasteiger partial charge in [-0.1, -0.05) is 62.4 Å². The molecule has 0 aliphatic carbocycles.